The van der Waals surface area contributed by atoms with E-state index in [4.69, 9.17) is 9.47 Å². The van der Waals surface area contributed by atoms with Gasteiger partial charge in [-0.3, -0.25) is 0 Å². The Labute approximate surface area is 144 Å². The van der Waals surface area contributed by atoms with Crippen molar-refractivity contribution >= 4 is 17.7 Å². The zero-order valence-electron chi connectivity index (χ0n) is 13.2. The van der Waals surface area contributed by atoms with Crippen LogP contribution >= 0.6 is 11.8 Å². The molecule has 134 valence electrons. The van der Waals surface area contributed by atoms with Crippen LogP contribution in [0.2, 0.25) is 0 Å². The molecular formula is C16H22O7S. The van der Waals surface area contributed by atoms with E-state index in [1.807, 2.05) is 12.1 Å². The summed E-state index contributed by atoms with van der Waals surface area (Å²) in [5.41, 5.74) is 0.349. The van der Waals surface area contributed by atoms with Crippen LogP contribution in [-0.4, -0.2) is 69.5 Å². The van der Waals surface area contributed by atoms with Gasteiger partial charge in [0.25, 0.3) is 0 Å². The molecule has 0 aliphatic carbocycles. The molecule has 1 aromatic rings. The average molecular weight is 358 g/mol. The van der Waals surface area contributed by atoms with Crippen LogP contribution in [0.5, 0.6) is 0 Å². The molecule has 4 N–H and O–H groups in total. The first-order valence-electron chi connectivity index (χ1n) is 7.71. The first kappa shape index (κ1) is 19.2. The van der Waals surface area contributed by atoms with E-state index in [2.05, 4.69) is 6.92 Å². The molecule has 0 amide bonds. The molecule has 24 heavy (non-hydrogen) atoms. The number of hydrogen-bond donors (Lipinski definition) is 4. The average Bonchev–Trinajstić information content (AvgIpc) is 2.60. The van der Waals surface area contributed by atoms with Crippen molar-refractivity contribution in [3.8, 4) is 0 Å². The zero-order chi connectivity index (χ0) is 17.7. The van der Waals surface area contributed by atoms with Crippen LogP contribution in [0.3, 0.4) is 0 Å². The van der Waals surface area contributed by atoms with Gasteiger partial charge in [-0.15, -0.1) is 11.8 Å². The van der Waals surface area contributed by atoms with Crippen molar-refractivity contribution in [1.82, 2.24) is 0 Å². The van der Waals surface area contributed by atoms with Gasteiger partial charge in [0.05, 0.1) is 5.56 Å². The third-order valence-corrected chi connectivity index (χ3v) is 4.85. The maximum absolute atomic E-state index is 12.0. The molecule has 0 radical (unpaired) electrons. The molecule has 0 saturated carbocycles. The predicted octanol–water partition coefficient (Wildman–Crippen LogP) is 0.145. The highest BCUT2D eigenvalue weighted by molar-refractivity contribution is 7.99. The minimum absolute atomic E-state index is 0.349. The van der Waals surface area contributed by atoms with E-state index in [1.54, 1.807) is 23.9 Å². The summed E-state index contributed by atoms with van der Waals surface area (Å²) in [6.07, 6.45) is -6.37. The van der Waals surface area contributed by atoms with Gasteiger partial charge in [0.1, 0.15) is 31.0 Å². The number of aliphatic hydroxyl groups is 4. The summed E-state index contributed by atoms with van der Waals surface area (Å²) in [4.78, 5) is 13.1. The molecular weight excluding hydrogens is 336 g/mol. The smallest absolute Gasteiger partial charge is 0.338 e. The van der Waals surface area contributed by atoms with Crippen LogP contribution in [0.4, 0.5) is 0 Å². The number of esters is 1. The zero-order valence-corrected chi connectivity index (χ0v) is 14.1. The van der Waals surface area contributed by atoms with E-state index in [0.29, 0.717) is 5.56 Å². The quantitative estimate of drug-likeness (QED) is 0.419. The van der Waals surface area contributed by atoms with Crippen molar-refractivity contribution in [2.24, 2.45) is 0 Å². The first-order valence-corrected chi connectivity index (χ1v) is 8.70. The Balaban J connectivity index is 1.88. The van der Waals surface area contributed by atoms with E-state index in [0.717, 1.165) is 17.1 Å². The molecule has 5 atom stereocenters. The minimum Gasteiger partial charge on any atom is -0.459 e. The minimum atomic E-state index is -1.65. The van der Waals surface area contributed by atoms with Gasteiger partial charge < -0.3 is 29.9 Å². The number of carbonyl (C=O) groups excluding carboxylic acids is 1. The highest BCUT2D eigenvalue weighted by atomic mass is 32.2. The maximum Gasteiger partial charge on any atom is 0.338 e. The number of carbonyl (C=O) groups is 1. The standard InChI is InChI=1S/C16H22O7S/c1-2-7-24-10-5-3-9(4-6-10)15(20)22-8-11-12(17)13(18)14(19)16(21)23-11/h3-6,11-14,16-19,21H,2,7-8H2,1H3/t11?,12-,13+,14?,16+/m1/s1. The lowest BCUT2D eigenvalue weighted by Gasteiger charge is -2.37. The van der Waals surface area contributed by atoms with Crippen molar-refractivity contribution < 1.29 is 34.7 Å². The van der Waals surface area contributed by atoms with Crippen LogP contribution in [-0.2, 0) is 9.47 Å². The maximum atomic E-state index is 12.0. The molecule has 1 heterocycles. The normalized spacial score (nSPS) is 30.1. The van der Waals surface area contributed by atoms with E-state index >= 15 is 0 Å². The largest absolute Gasteiger partial charge is 0.459 e. The lowest BCUT2D eigenvalue weighted by atomic mass is 9.99. The molecule has 0 spiro atoms. The molecule has 2 unspecified atom stereocenters. The highest BCUT2D eigenvalue weighted by Crippen LogP contribution is 2.21. The Morgan fingerprint density at radius 1 is 1.12 bits per heavy atom. The summed E-state index contributed by atoms with van der Waals surface area (Å²) in [6, 6.07) is 6.94. The first-order chi connectivity index (χ1) is 11.4. The summed E-state index contributed by atoms with van der Waals surface area (Å²) >= 11 is 1.69. The second kappa shape index (κ2) is 8.80. The molecule has 2 rings (SSSR count). The van der Waals surface area contributed by atoms with Crippen molar-refractivity contribution in [3.05, 3.63) is 29.8 Å². The van der Waals surface area contributed by atoms with Crippen LogP contribution < -0.4 is 0 Å². The lowest BCUT2D eigenvalue weighted by molar-refractivity contribution is -0.286. The third-order valence-electron chi connectivity index (χ3n) is 3.63. The van der Waals surface area contributed by atoms with E-state index in [1.165, 1.54) is 0 Å². The van der Waals surface area contributed by atoms with Gasteiger partial charge in [0, 0.05) is 4.90 Å². The predicted molar refractivity (Wildman–Crippen MR) is 86.6 cm³/mol. The van der Waals surface area contributed by atoms with Gasteiger partial charge in [0.15, 0.2) is 6.29 Å². The van der Waals surface area contributed by atoms with E-state index in [-0.39, 0.29) is 6.61 Å². The van der Waals surface area contributed by atoms with Gasteiger partial charge in [-0.1, -0.05) is 6.92 Å². The lowest BCUT2D eigenvalue weighted by Crippen LogP contribution is -2.58. The highest BCUT2D eigenvalue weighted by Gasteiger charge is 2.43. The summed E-state index contributed by atoms with van der Waals surface area (Å²) in [5, 5.41) is 38.2. The number of rotatable bonds is 6. The van der Waals surface area contributed by atoms with Gasteiger partial charge in [-0.2, -0.15) is 0 Å². The van der Waals surface area contributed by atoms with Crippen LogP contribution in [0.25, 0.3) is 0 Å². The molecule has 1 aliphatic rings. The van der Waals surface area contributed by atoms with Crippen molar-refractivity contribution in [1.29, 1.82) is 0 Å². The fourth-order valence-electron chi connectivity index (χ4n) is 2.22. The molecule has 1 aromatic carbocycles. The summed E-state index contributed by atoms with van der Waals surface area (Å²) < 4.78 is 10.0. The second-order valence-corrected chi connectivity index (χ2v) is 6.68. The van der Waals surface area contributed by atoms with Crippen LogP contribution in [0.1, 0.15) is 23.7 Å². The molecule has 1 saturated heterocycles. The number of hydrogen-bond acceptors (Lipinski definition) is 8. The van der Waals surface area contributed by atoms with Gasteiger partial charge in [-0.05, 0) is 36.4 Å². The summed E-state index contributed by atoms with van der Waals surface area (Å²) in [7, 11) is 0. The molecule has 8 heteroatoms. The summed E-state index contributed by atoms with van der Waals surface area (Å²) in [6.45, 7) is 1.74. The molecule has 1 fully saturated rings. The fourth-order valence-corrected chi connectivity index (χ4v) is 2.99. The monoisotopic (exact) mass is 358 g/mol. The van der Waals surface area contributed by atoms with Gasteiger partial charge in [-0.25, -0.2) is 4.79 Å². The van der Waals surface area contributed by atoms with E-state index < -0.39 is 36.7 Å². The topological polar surface area (TPSA) is 116 Å². The molecule has 1 aliphatic heterocycles. The molecule has 7 nitrogen and oxygen atoms in total. The Bertz CT molecular complexity index is 536. The van der Waals surface area contributed by atoms with Gasteiger partial charge in [0.2, 0.25) is 0 Å². The molecule has 0 bridgehead atoms. The Hall–Kier alpha value is -1.16. The second-order valence-electron chi connectivity index (χ2n) is 5.51. The number of benzene rings is 1. The van der Waals surface area contributed by atoms with E-state index in [9.17, 15) is 25.2 Å². The SMILES string of the molecule is CCCSc1ccc(C(=O)OCC2O[C@H](O)C(O)[C@@H](O)[C@@H]2O)cc1. The number of aliphatic hydroxyl groups excluding tert-OH is 4. The summed E-state index contributed by atoms with van der Waals surface area (Å²) in [5.74, 6) is 0.393. The van der Waals surface area contributed by atoms with Crippen molar-refractivity contribution in [3.63, 3.8) is 0 Å². The van der Waals surface area contributed by atoms with Crippen LogP contribution in [0, 0.1) is 0 Å². The number of thioether (sulfide) groups is 1. The fraction of sp³-hybridized carbons (Fsp3) is 0.562. The van der Waals surface area contributed by atoms with Gasteiger partial charge >= 0.3 is 5.97 Å². The molecule has 0 aromatic heterocycles. The van der Waals surface area contributed by atoms with Crippen molar-refractivity contribution in [2.75, 3.05) is 12.4 Å². The Kier molecular flexibility index (Phi) is 7.02. The Morgan fingerprint density at radius 3 is 2.42 bits per heavy atom. The number of ether oxygens (including phenoxy) is 2. The third kappa shape index (κ3) is 4.69. The van der Waals surface area contributed by atoms with Crippen molar-refractivity contribution in [2.45, 2.75) is 48.9 Å². The van der Waals surface area contributed by atoms with Crippen LogP contribution in [0.15, 0.2) is 29.2 Å². The Morgan fingerprint density at radius 2 is 1.79 bits per heavy atom.